The Morgan fingerprint density at radius 3 is 2.56 bits per heavy atom. The third kappa shape index (κ3) is 2.23. The van der Waals surface area contributed by atoms with Crippen molar-refractivity contribution in [2.45, 2.75) is 6.04 Å². The van der Waals surface area contributed by atoms with Gasteiger partial charge in [0.1, 0.15) is 5.82 Å². The van der Waals surface area contributed by atoms with Crippen LogP contribution in [-0.2, 0) is 7.05 Å². The molecule has 0 aliphatic carbocycles. The molecule has 0 fully saturated rings. The van der Waals surface area contributed by atoms with Gasteiger partial charge in [-0.2, -0.15) is 5.10 Å². The van der Waals surface area contributed by atoms with Crippen LogP contribution in [0.1, 0.15) is 17.3 Å². The summed E-state index contributed by atoms with van der Waals surface area (Å²) in [5, 5.41) is 7.89. The first-order valence-corrected chi connectivity index (χ1v) is 6.10. The summed E-state index contributed by atoms with van der Waals surface area (Å²) in [5.74, 6) is -0.376. The molecule has 1 aromatic heterocycles. The van der Waals surface area contributed by atoms with E-state index in [4.69, 9.17) is 23.2 Å². The molecule has 1 N–H and O–H groups in total. The number of aryl methyl sites for hydroxylation is 1. The fourth-order valence-electron chi connectivity index (χ4n) is 1.95. The molecule has 0 amide bonds. The van der Waals surface area contributed by atoms with Crippen molar-refractivity contribution in [1.29, 1.82) is 0 Å². The second-order valence-corrected chi connectivity index (χ2v) is 4.67. The van der Waals surface area contributed by atoms with Crippen molar-refractivity contribution in [3.05, 3.63) is 51.5 Å². The van der Waals surface area contributed by atoms with Crippen molar-refractivity contribution in [2.24, 2.45) is 7.05 Å². The number of halogens is 3. The van der Waals surface area contributed by atoms with E-state index in [2.05, 4.69) is 10.4 Å². The minimum Gasteiger partial charge on any atom is -0.308 e. The molecule has 0 bridgehead atoms. The highest BCUT2D eigenvalue weighted by atomic mass is 35.5. The molecular formula is C12H12Cl2FN3. The van der Waals surface area contributed by atoms with Gasteiger partial charge in [0, 0.05) is 17.6 Å². The Labute approximate surface area is 115 Å². The van der Waals surface area contributed by atoms with E-state index in [9.17, 15) is 4.39 Å². The van der Waals surface area contributed by atoms with Gasteiger partial charge < -0.3 is 5.32 Å². The average molecular weight is 288 g/mol. The van der Waals surface area contributed by atoms with Crippen molar-refractivity contribution in [3.63, 3.8) is 0 Å². The summed E-state index contributed by atoms with van der Waals surface area (Å²) < 4.78 is 15.5. The molecular weight excluding hydrogens is 276 g/mol. The highest BCUT2D eigenvalue weighted by Gasteiger charge is 2.24. The lowest BCUT2D eigenvalue weighted by atomic mass is 10.0. The van der Waals surface area contributed by atoms with Crippen LogP contribution in [0.15, 0.2) is 24.4 Å². The number of aromatic nitrogens is 2. The topological polar surface area (TPSA) is 29.9 Å². The Morgan fingerprint density at radius 1 is 1.33 bits per heavy atom. The van der Waals surface area contributed by atoms with Gasteiger partial charge in [-0.3, -0.25) is 4.68 Å². The number of hydrogen-bond acceptors (Lipinski definition) is 2. The number of benzene rings is 1. The van der Waals surface area contributed by atoms with Crippen LogP contribution in [-0.4, -0.2) is 16.8 Å². The largest absolute Gasteiger partial charge is 0.308 e. The summed E-state index contributed by atoms with van der Waals surface area (Å²) in [6.45, 7) is 0. The first-order valence-electron chi connectivity index (χ1n) is 5.34. The Balaban J connectivity index is 2.59. The summed E-state index contributed by atoms with van der Waals surface area (Å²) in [6.07, 6.45) is 1.52. The van der Waals surface area contributed by atoms with Crippen LogP contribution in [0.2, 0.25) is 10.0 Å². The van der Waals surface area contributed by atoms with Gasteiger partial charge in [-0.25, -0.2) is 4.39 Å². The monoisotopic (exact) mass is 287 g/mol. The molecule has 96 valence electrons. The fourth-order valence-corrected chi connectivity index (χ4v) is 2.50. The molecule has 2 rings (SSSR count). The zero-order valence-electron chi connectivity index (χ0n) is 9.92. The van der Waals surface area contributed by atoms with Gasteiger partial charge in [-0.1, -0.05) is 29.3 Å². The molecule has 0 spiro atoms. The van der Waals surface area contributed by atoms with Gasteiger partial charge in [-0.05, 0) is 19.2 Å². The van der Waals surface area contributed by atoms with Gasteiger partial charge in [0.05, 0.1) is 23.0 Å². The summed E-state index contributed by atoms with van der Waals surface area (Å²) in [4.78, 5) is 0. The normalized spacial score (nSPS) is 12.7. The maximum atomic E-state index is 13.9. The van der Waals surface area contributed by atoms with E-state index in [1.165, 1.54) is 12.3 Å². The predicted molar refractivity (Wildman–Crippen MR) is 70.5 cm³/mol. The molecule has 6 heteroatoms. The zero-order chi connectivity index (χ0) is 13.3. The second-order valence-electron chi connectivity index (χ2n) is 3.86. The lowest BCUT2D eigenvalue weighted by Gasteiger charge is -2.19. The van der Waals surface area contributed by atoms with Gasteiger partial charge in [-0.15, -0.1) is 0 Å². The van der Waals surface area contributed by atoms with E-state index >= 15 is 0 Å². The number of nitrogens with zero attached hydrogens (tertiary/aromatic N) is 2. The van der Waals surface area contributed by atoms with Crippen LogP contribution in [0.5, 0.6) is 0 Å². The van der Waals surface area contributed by atoms with Crippen molar-refractivity contribution in [1.82, 2.24) is 15.1 Å². The predicted octanol–water partition coefficient (Wildman–Crippen LogP) is 3.17. The summed E-state index contributed by atoms with van der Waals surface area (Å²) in [7, 11) is 3.47. The number of rotatable bonds is 3. The lowest BCUT2D eigenvalue weighted by molar-refractivity contribution is 0.552. The first kappa shape index (κ1) is 13.3. The maximum absolute atomic E-state index is 13.9. The highest BCUT2D eigenvalue weighted by molar-refractivity contribution is 6.32. The molecule has 1 heterocycles. The van der Waals surface area contributed by atoms with Crippen molar-refractivity contribution >= 4 is 23.2 Å². The van der Waals surface area contributed by atoms with Crippen molar-refractivity contribution in [2.75, 3.05) is 7.05 Å². The quantitative estimate of drug-likeness (QED) is 0.940. The molecule has 0 aliphatic heterocycles. The molecule has 1 atom stereocenters. The van der Waals surface area contributed by atoms with E-state index in [1.54, 1.807) is 30.9 Å². The minimum atomic E-state index is -0.446. The van der Waals surface area contributed by atoms with Gasteiger partial charge >= 0.3 is 0 Å². The molecule has 0 radical (unpaired) electrons. The molecule has 3 nitrogen and oxygen atoms in total. The number of nitrogens with one attached hydrogen (secondary N) is 1. The van der Waals surface area contributed by atoms with Crippen molar-refractivity contribution < 1.29 is 4.39 Å². The smallest absolute Gasteiger partial charge is 0.129 e. The van der Waals surface area contributed by atoms with Gasteiger partial charge in [0.25, 0.3) is 0 Å². The van der Waals surface area contributed by atoms with Crippen LogP contribution >= 0.6 is 23.2 Å². The van der Waals surface area contributed by atoms with Crippen LogP contribution in [0.4, 0.5) is 4.39 Å². The lowest BCUT2D eigenvalue weighted by Crippen LogP contribution is -2.22. The van der Waals surface area contributed by atoms with Crippen molar-refractivity contribution in [3.8, 4) is 0 Å². The Kier molecular flexibility index (Phi) is 3.90. The number of hydrogen-bond donors (Lipinski definition) is 1. The molecule has 0 saturated heterocycles. The minimum absolute atomic E-state index is 0.353. The molecule has 1 aromatic carbocycles. The standard InChI is InChI=1S/C12H12Cl2FN3/c1-16-11(12-8(14)6-17-18(12)2)10-7(13)4-3-5-9(10)15/h3-6,11,16H,1-2H3. The van der Waals surface area contributed by atoms with E-state index < -0.39 is 6.04 Å². The van der Waals surface area contributed by atoms with E-state index in [-0.39, 0.29) is 5.82 Å². The summed E-state index contributed by atoms with van der Waals surface area (Å²) in [5.41, 5.74) is 1.04. The van der Waals surface area contributed by atoms with E-state index in [0.29, 0.717) is 21.3 Å². The fraction of sp³-hybridized carbons (Fsp3) is 0.250. The summed E-state index contributed by atoms with van der Waals surface area (Å²) in [6, 6.07) is 4.14. The van der Waals surface area contributed by atoms with Crippen LogP contribution in [0, 0.1) is 5.82 Å². The van der Waals surface area contributed by atoms with Gasteiger partial charge in [0.2, 0.25) is 0 Å². The SMILES string of the molecule is CNC(c1c(F)cccc1Cl)c1c(Cl)cnn1C. The molecule has 0 saturated carbocycles. The molecule has 1 unspecified atom stereocenters. The summed E-state index contributed by atoms with van der Waals surface area (Å²) >= 11 is 12.2. The molecule has 0 aliphatic rings. The first-order chi connectivity index (χ1) is 8.56. The van der Waals surface area contributed by atoms with Crippen LogP contribution in [0.25, 0.3) is 0 Å². The highest BCUT2D eigenvalue weighted by Crippen LogP contribution is 2.33. The maximum Gasteiger partial charge on any atom is 0.129 e. The second kappa shape index (κ2) is 5.26. The third-order valence-corrected chi connectivity index (χ3v) is 3.41. The van der Waals surface area contributed by atoms with E-state index in [0.717, 1.165) is 0 Å². The van der Waals surface area contributed by atoms with E-state index in [1.807, 2.05) is 0 Å². The Hall–Kier alpha value is -1.10. The molecule has 18 heavy (non-hydrogen) atoms. The van der Waals surface area contributed by atoms with Gasteiger partial charge in [0.15, 0.2) is 0 Å². The average Bonchev–Trinajstić information content (AvgIpc) is 2.65. The van der Waals surface area contributed by atoms with Crippen LogP contribution in [0.3, 0.4) is 0 Å². The van der Waals surface area contributed by atoms with Crippen LogP contribution < -0.4 is 5.32 Å². The Morgan fingerprint density at radius 2 is 2.06 bits per heavy atom. The molecule has 2 aromatic rings. The third-order valence-electron chi connectivity index (χ3n) is 2.79. The zero-order valence-corrected chi connectivity index (χ0v) is 11.4. The Bertz CT molecular complexity index is 529.